The highest BCUT2D eigenvalue weighted by Gasteiger charge is 2.32. The van der Waals surface area contributed by atoms with Gasteiger partial charge in [-0.1, -0.05) is 26.0 Å². The Bertz CT molecular complexity index is 822. The third-order valence-electron chi connectivity index (χ3n) is 4.12. The minimum Gasteiger partial charge on any atom is -0.369 e. The number of nitrogens with zero attached hydrogens (tertiary/aromatic N) is 2. The molecule has 0 fully saturated rings. The third kappa shape index (κ3) is 5.62. The topological polar surface area (TPSA) is 41.6 Å². The van der Waals surface area contributed by atoms with Crippen LogP contribution in [0.5, 0.6) is 0 Å². The molecule has 27 heavy (non-hydrogen) atoms. The monoisotopic (exact) mass is 463 g/mol. The molecule has 0 bridgehead atoms. The van der Waals surface area contributed by atoms with Crippen LogP contribution in [0.4, 0.5) is 24.5 Å². The normalized spacial score (nSPS) is 11.9. The minimum atomic E-state index is -4.44. The van der Waals surface area contributed by atoms with E-state index in [1.807, 2.05) is 31.2 Å². The van der Waals surface area contributed by atoms with Crippen LogP contribution in [0, 0.1) is 0 Å². The summed E-state index contributed by atoms with van der Waals surface area (Å²) in [5.74, 6) is 0.111. The first-order valence-electron chi connectivity index (χ1n) is 8.23. The Labute approximate surface area is 172 Å². The lowest BCUT2D eigenvalue weighted by Crippen LogP contribution is -2.33. The number of nitrogens with two attached hydrogens (primary N) is 1. The smallest absolute Gasteiger partial charge is 0.369 e. The second-order valence-corrected chi connectivity index (χ2v) is 6.67. The zero-order valence-electron chi connectivity index (χ0n) is 15.3. The van der Waals surface area contributed by atoms with Gasteiger partial charge >= 0.3 is 6.18 Å². The van der Waals surface area contributed by atoms with E-state index in [0.717, 1.165) is 29.8 Å². The summed E-state index contributed by atoms with van der Waals surface area (Å²) in [6, 6.07) is 9.90. The molecule has 0 saturated carbocycles. The fraction of sp³-hybridized carbons (Fsp3) is 0.316. The van der Waals surface area contributed by atoms with Gasteiger partial charge in [-0.05, 0) is 64.2 Å². The lowest BCUT2D eigenvalue weighted by molar-refractivity contribution is -0.137. The second kappa shape index (κ2) is 9.46. The predicted molar refractivity (Wildman–Crippen MR) is 111 cm³/mol. The molecular formula is C19H22BrClF3N3. The molecule has 0 aliphatic heterocycles. The van der Waals surface area contributed by atoms with Crippen LogP contribution in [0.2, 0.25) is 0 Å². The summed E-state index contributed by atoms with van der Waals surface area (Å²) in [6.07, 6.45) is -3.12. The number of benzene rings is 2. The number of aryl methyl sites for hydroxylation is 2. The molecule has 0 aliphatic carbocycles. The molecule has 0 amide bonds. The van der Waals surface area contributed by atoms with Crippen LogP contribution in [-0.4, -0.2) is 13.0 Å². The van der Waals surface area contributed by atoms with E-state index in [-0.39, 0.29) is 24.1 Å². The number of alkyl halides is 3. The van der Waals surface area contributed by atoms with Crippen LogP contribution >= 0.6 is 28.3 Å². The molecule has 0 saturated heterocycles. The fourth-order valence-corrected chi connectivity index (χ4v) is 3.08. The maximum Gasteiger partial charge on any atom is 0.416 e. The van der Waals surface area contributed by atoms with Crippen LogP contribution in [0.3, 0.4) is 0 Å². The van der Waals surface area contributed by atoms with Crippen molar-refractivity contribution in [2.75, 3.05) is 11.9 Å². The number of aliphatic imine (C=N–C) groups is 1. The van der Waals surface area contributed by atoms with E-state index < -0.39 is 11.7 Å². The molecule has 3 nitrogen and oxygen atoms in total. The van der Waals surface area contributed by atoms with Gasteiger partial charge in [-0.2, -0.15) is 13.2 Å². The molecule has 2 rings (SSSR count). The van der Waals surface area contributed by atoms with Crippen molar-refractivity contribution in [3.05, 3.63) is 57.6 Å². The Kier molecular flexibility index (Phi) is 8.17. The average Bonchev–Trinajstić information content (AvgIpc) is 2.61. The second-order valence-electron chi connectivity index (χ2n) is 5.87. The van der Waals surface area contributed by atoms with E-state index in [1.54, 1.807) is 18.9 Å². The molecule has 148 valence electrons. The summed E-state index contributed by atoms with van der Waals surface area (Å²) in [6.45, 7) is 3.84. The van der Waals surface area contributed by atoms with Gasteiger partial charge in [0.05, 0.1) is 11.3 Å². The molecule has 2 aromatic rings. The zero-order chi connectivity index (χ0) is 19.5. The van der Waals surface area contributed by atoms with Crippen molar-refractivity contribution in [1.29, 1.82) is 0 Å². The largest absolute Gasteiger partial charge is 0.416 e. The number of halogens is 5. The van der Waals surface area contributed by atoms with E-state index >= 15 is 0 Å². The fourth-order valence-electron chi connectivity index (χ4n) is 2.49. The van der Waals surface area contributed by atoms with Crippen molar-refractivity contribution in [3.63, 3.8) is 0 Å². The number of hydrogen-bond donors (Lipinski definition) is 1. The molecule has 0 aromatic heterocycles. The number of hydrogen-bond acceptors (Lipinski definition) is 1. The summed E-state index contributed by atoms with van der Waals surface area (Å²) >= 11 is 3.35. The quantitative estimate of drug-likeness (QED) is 0.439. The van der Waals surface area contributed by atoms with E-state index in [2.05, 4.69) is 20.9 Å². The van der Waals surface area contributed by atoms with Crippen LogP contribution in [-0.2, 0) is 19.0 Å². The Hall–Kier alpha value is -1.73. The van der Waals surface area contributed by atoms with Crippen molar-refractivity contribution < 1.29 is 13.2 Å². The summed E-state index contributed by atoms with van der Waals surface area (Å²) in [5.41, 5.74) is 7.98. The Morgan fingerprint density at radius 2 is 1.81 bits per heavy atom. The Balaban J connectivity index is 0.00000364. The van der Waals surface area contributed by atoms with Crippen molar-refractivity contribution in [2.24, 2.45) is 10.7 Å². The standard InChI is InChI=1S/C19H21BrF3N3.ClH/c1-4-12-7-6-8-15(9-12)26(3)18(24)25-16-11-14(19(21,22)23)10-13(5-2)17(16)20;/h6-11H,4-5H2,1-3H3,(H2,24,25);1H. The van der Waals surface area contributed by atoms with Crippen LogP contribution in [0.25, 0.3) is 0 Å². The van der Waals surface area contributed by atoms with Crippen LogP contribution in [0.15, 0.2) is 45.9 Å². The summed E-state index contributed by atoms with van der Waals surface area (Å²) in [7, 11) is 1.73. The van der Waals surface area contributed by atoms with Crippen LogP contribution < -0.4 is 10.6 Å². The highest BCUT2D eigenvalue weighted by Crippen LogP contribution is 2.38. The molecule has 0 unspecified atom stereocenters. The van der Waals surface area contributed by atoms with Gasteiger partial charge in [0, 0.05) is 17.2 Å². The van der Waals surface area contributed by atoms with Gasteiger partial charge in [-0.15, -0.1) is 12.4 Å². The van der Waals surface area contributed by atoms with Crippen LogP contribution in [0.1, 0.15) is 30.5 Å². The predicted octanol–water partition coefficient (Wildman–Crippen LogP) is 6.10. The van der Waals surface area contributed by atoms with Gasteiger partial charge in [0.1, 0.15) is 0 Å². The van der Waals surface area contributed by atoms with Crippen molar-refractivity contribution in [1.82, 2.24) is 0 Å². The number of guanidine groups is 1. The molecular weight excluding hydrogens is 443 g/mol. The average molecular weight is 465 g/mol. The Morgan fingerprint density at radius 1 is 1.15 bits per heavy atom. The zero-order valence-corrected chi connectivity index (χ0v) is 17.7. The van der Waals surface area contributed by atoms with Gasteiger partial charge in [0.25, 0.3) is 0 Å². The molecule has 8 heteroatoms. The Morgan fingerprint density at radius 3 is 2.37 bits per heavy atom. The number of rotatable bonds is 4. The SMILES string of the molecule is CCc1cccc(N(C)C(N)=Nc2cc(C(F)(F)F)cc(CC)c2Br)c1.Cl. The van der Waals surface area contributed by atoms with Crippen molar-refractivity contribution >= 4 is 45.7 Å². The van der Waals surface area contributed by atoms with Gasteiger partial charge < -0.3 is 10.6 Å². The lowest BCUT2D eigenvalue weighted by atomic mass is 10.1. The first-order chi connectivity index (χ1) is 12.2. The first-order valence-corrected chi connectivity index (χ1v) is 9.03. The van der Waals surface area contributed by atoms with E-state index in [9.17, 15) is 13.2 Å². The first kappa shape index (κ1) is 23.3. The molecule has 0 heterocycles. The van der Waals surface area contributed by atoms with Crippen molar-refractivity contribution in [3.8, 4) is 0 Å². The maximum atomic E-state index is 13.2. The van der Waals surface area contributed by atoms with E-state index in [0.29, 0.717) is 16.5 Å². The van der Waals surface area contributed by atoms with Crippen molar-refractivity contribution in [2.45, 2.75) is 32.9 Å². The van der Waals surface area contributed by atoms with E-state index in [4.69, 9.17) is 5.73 Å². The molecule has 0 radical (unpaired) electrons. The maximum absolute atomic E-state index is 13.2. The van der Waals surface area contributed by atoms with Gasteiger partial charge in [0.15, 0.2) is 0 Å². The van der Waals surface area contributed by atoms with Gasteiger partial charge in [-0.3, -0.25) is 0 Å². The van der Waals surface area contributed by atoms with Gasteiger partial charge in [0.2, 0.25) is 5.96 Å². The molecule has 0 aliphatic rings. The minimum absolute atomic E-state index is 0. The number of anilines is 1. The summed E-state index contributed by atoms with van der Waals surface area (Å²) < 4.78 is 40.0. The molecule has 0 atom stereocenters. The molecule has 0 spiro atoms. The highest BCUT2D eigenvalue weighted by molar-refractivity contribution is 9.10. The summed E-state index contributed by atoms with van der Waals surface area (Å²) in [4.78, 5) is 5.90. The third-order valence-corrected chi connectivity index (χ3v) is 5.04. The van der Waals surface area contributed by atoms with Gasteiger partial charge in [-0.25, -0.2) is 4.99 Å². The molecule has 2 N–H and O–H groups in total. The lowest BCUT2D eigenvalue weighted by Gasteiger charge is -2.20. The summed E-state index contributed by atoms with van der Waals surface area (Å²) in [5, 5.41) is 0. The van der Waals surface area contributed by atoms with E-state index in [1.165, 1.54) is 0 Å². The molecule has 2 aromatic carbocycles. The highest BCUT2D eigenvalue weighted by atomic mass is 79.9.